The topological polar surface area (TPSA) is 66.9 Å². The molecule has 1 aliphatic heterocycles. The van der Waals surface area contributed by atoms with E-state index < -0.39 is 16.0 Å². The lowest BCUT2D eigenvalue weighted by atomic mass is 10.1. The number of carbonyl (C=O) groups is 1. The van der Waals surface area contributed by atoms with E-state index in [1.165, 1.54) is 7.11 Å². The Morgan fingerprint density at radius 3 is 2.29 bits per heavy atom. The van der Waals surface area contributed by atoms with Gasteiger partial charge in [-0.05, 0) is 62.2 Å². The second kappa shape index (κ2) is 9.36. The first kappa shape index (κ1) is 23.9. The molecular weight excluding hydrogens is 459 g/mol. The molecule has 31 heavy (non-hydrogen) atoms. The predicted octanol–water partition coefficient (Wildman–Crippen LogP) is 4.31. The van der Waals surface area contributed by atoms with Crippen molar-refractivity contribution in [2.24, 2.45) is 0 Å². The molecule has 9 heteroatoms. The maximum absolute atomic E-state index is 13.5. The number of halogens is 2. The molecule has 168 valence electrons. The van der Waals surface area contributed by atoms with Gasteiger partial charge < -0.3 is 9.64 Å². The highest BCUT2D eigenvalue weighted by atomic mass is 35.5. The first-order valence-corrected chi connectivity index (χ1v) is 12.1. The van der Waals surface area contributed by atoms with E-state index in [0.29, 0.717) is 28.7 Å². The van der Waals surface area contributed by atoms with E-state index in [4.69, 9.17) is 27.9 Å². The fourth-order valence-electron chi connectivity index (χ4n) is 4.02. The summed E-state index contributed by atoms with van der Waals surface area (Å²) in [6, 6.07) is 9.78. The number of hydrogen-bond donors (Lipinski definition) is 0. The van der Waals surface area contributed by atoms with Gasteiger partial charge in [-0.2, -0.15) is 4.31 Å². The van der Waals surface area contributed by atoms with E-state index in [2.05, 4.69) is 4.90 Å². The van der Waals surface area contributed by atoms with Crippen LogP contribution in [0, 0.1) is 6.92 Å². The number of carbonyl (C=O) groups excluding carboxylic acids is 1. The van der Waals surface area contributed by atoms with Gasteiger partial charge in [0.25, 0.3) is 0 Å². The second-order valence-corrected chi connectivity index (χ2v) is 10.5. The Hall–Kier alpha value is -1.80. The molecule has 6 nitrogen and oxygen atoms in total. The summed E-state index contributed by atoms with van der Waals surface area (Å²) in [5, 5.41) is 0.946. The maximum atomic E-state index is 13.5. The van der Waals surface area contributed by atoms with Crippen molar-refractivity contribution in [1.82, 2.24) is 4.31 Å². The number of esters is 1. The summed E-state index contributed by atoms with van der Waals surface area (Å²) in [4.78, 5) is 14.0. The van der Waals surface area contributed by atoms with Crippen LogP contribution in [0.25, 0.3) is 0 Å². The van der Waals surface area contributed by atoms with E-state index in [-0.39, 0.29) is 23.4 Å². The van der Waals surface area contributed by atoms with Gasteiger partial charge >= 0.3 is 5.97 Å². The third-order valence-corrected chi connectivity index (χ3v) is 8.43. The molecule has 0 amide bonds. The molecule has 1 fully saturated rings. The van der Waals surface area contributed by atoms with Gasteiger partial charge in [0.15, 0.2) is 0 Å². The summed E-state index contributed by atoms with van der Waals surface area (Å²) in [5.41, 5.74) is 2.39. The molecule has 0 N–H and O–H groups in total. The Balaban J connectivity index is 1.87. The van der Waals surface area contributed by atoms with Crippen LogP contribution >= 0.6 is 23.2 Å². The fourth-order valence-corrected chi connectivity index (χ4v) is 6.17. The van der Waals surface area contributed by atoms with E-state index in [1.54, 1.807) is 34.6 Å². The highest BCUT2D eigenvalue weighted by Gasteiger charge is 2.38. The average molecular weight is 485 g/mol. The van der Waals surface area contributed by atoms with Gasteiger partial charge in [-0.15, -0.1) is 0 Å². The van der Waals surface area contributed by atoms with Crippen LogP contribution in [-0.4, -0.2) is 51.0 Å². The van der Waals surface area contributed by atoms with Crippen molar-refractivity contribution >= 4 is 44.9 Å². The number of methoxy groups -OCH3 is 1. The average Bonchev–Trinajstić information content (AvgIpc) is 2.70. The van der Waals surface area contributed by atoms with Crippen molar-refractivity contribution in [2.45, 2.75) is 44.2 Å². The molecule has 1 saturated heterocycles. The van der Waals surface area contributed by atoms with Crippen LogP contribution in [0.2, 0.25) is 10.0 Å². The van der Waals surface area contributed by atoms with Crippen LogP contribution in [0.1, 0.15) is 25.0 Å². The predicted molar refractivity (Wildman–Crippen MR) is 124 cm³/mol. The van der Waals surface area contributed by atoms with Gasteiger partial charge in [-0.1, -0.05) is 29.3 Å². The van der Waals surface area contributed by atoms with Crippen molar-refractivity contribution in [2.75, 3.05) is 25.1 Å². The van der Waals surface area contributed by atoms with Crippen LogP contribution in [0.15, 0.2) is 41.3 Å². The normalized spacial score (nSPS) is 20.0. The number of nitrogens with zero attached hydrogens (tertiary/aromatic N) is 2. The van der Waals surface area contributed by atoms with Crippen LogP contribution in [0.5, 0.6) is 0 Å². The summed E-state index contributed by atoms with van der Waals surface area (Å²) in [7, 11) is -2.44. The monoisotopic (exact) mass is 484 g/mol. The van der Waals surface area contributed by atoms with Gasteiger partial charge in [-0.25, -0.2) is 8.42 Å². The Labute approximate surface area is 193 Å². The van der Waals surface area contributed by atoms with Gasteiger partial charge in [0.05, 0.1) is 28.5 Å². The lowest BCUT2D eigenvalue weighted by molar-refractivity contribution is -0.139. The molecule has 2 aromatic rings. The zero-order valence-corrected chi connectivity index (χ0v) is 20.3. The van der Waals surface area contributed by atoms with Gasteiger partial charge in [0.1, 0.15) is 0 Å². The summed E-state index contributed by atoms with van der Waals surface area (Å²) >= 11 is 12.2. The molecule has 0 saturated carbocycles. The first-order chi connectivity index (χ1) is 14.5. The summed E-state index contributed by atoms with van der Waals surface area (Å²) in [6.45, 7) is 6.66. The van der Waals surface area contributed by atoms with Crippen LogP contribution in [0.4, 0.5) is 5.69 Å². The maximum Gasteiger partial charge on any atom is 0.309 e. The third-order valence-electron chi connectivity index (χ3n) is 5.56. The lowest BCUT2D eigenvalue weighted by Gasteiger charge is -2.44. The molecule has 1 heterocycles. The molecule has 0 aromatic heterocycles. The number of rotatable bonds is 5. The number of sulfonamides is 1. The number of aryl methyl sites for hydroxylation is 1. The van der Waals surface area contributed by atoms with Crippen LogP contribution < -0.4 is 4.90 Å². The molecule has 0 bridgehead atoms. The van der Waals surface area contributed by atoms with Crippen molar-refractivity contribution < 1.29 is 17.9 Å². The largest absolute Gasteiger partial charge is 0.469 e. The summed E-state index contributed by atoms with van der Waals surface area (Å²) in [6.07, 6.45) is 0.0297. The Bertz CT molecular complexity index is 1080. The standard InChI is InChI=1S/C22H26Cl2N2O4S/c1-14-5-7-19(9-17(14)10-22(27)30-4)31(28,29)26-15(2)12-25(13-16(26)3)18-6-8-20(23)21(24)11-18/h5-9,11,15-16H,10,12-13H2,1-4H3/t15-,16+. The minimum Gasteiger partial charge on any atom is -0.469 e. The molecule has 3 rings (SSSR count). The van der Waals surface area contributed by atoms with Crippen molar-refractivity contribution in [3.63, 3.8) is 0 Å². The molecule has 0 radical (unpaired) electrons. The Morgan fingerprint density at radius 2 is 1.71 bits per heavy atom. The molecular formula is C22H26Cl2N2O4S. The van der Waals surface area contributed by atoms with Gasteiger partial charge in [0.2, 0.25) is 10.0 Å². The van der Waals surface area contributed by atoms with Crippen molar-refractivity contribution in [3.05, 3.63) is 57.6 Å². The van der Waals surface area contributed by atoms with Crippen molar-refractivity contribution in [3.8, 4) is 0 Å². The fraction of sp³-hybridized carbons (Fsp3) is 0.409. The molecule has 0 spiro atoms. The molecule has 0 unspecified atom stereocenters. The highest BCUT2D eigenvalue weighted by Crippen LogP contribution is 2.32. The minimum atomic E-state index is -3.76. The molecule has 2 atom stereocenters. The smallest absolute Gasteiger partial charge is 0.309 e. The SMILES string of the molecule is COC(=O)Cc1cc(S(=O)(=O)N2[C@H](C)CN(c3ccc(Cl)c(Cl)c3)C[C@@H]2C)ccc1C. The number of anilines is 1. The van der Waals surface area contributed by atoms with Crippen LogP contribution in [0.3, 0.4) is 0 Å². The number of piperazine rings is 1. The van der Waals surface area contributed by atoms with Crippen molar-refractivity contribution in [1.29, 1.82) is 0 Å². The first-order valence-electron chi connectivity index (χ1n) is 9.94. The zero-order chi connectivity index (χ0) is 22.9. The van der Waals surface area contributed by atoms with E-state index in [1.807, 2.05) is 26.8 Å². The molecule has 1 aliphatic rings. The zero-order valence-electron chi connectivity index (χ0n) is 17.9. The minimum absolute atomic E-state index is 0.0297. The molecule has 2 aromatic carbocycles. The highest BCUT2D eigenvalue weighted by molar-refractivity contribution is 7.89. The van der Waals surface area contributed by atoms with Gasteiger partial charge in [0, 0.05) is 30.9 Å². The van der Waals surface area contributed by atoms with E-state index >= 15 is 0 Å². The number of ether oxygens (including phenoxy) is 1. The van der Waals surface area contributed by atoms with E-state index in [0.717, 1.165) is 11.3 Å². The van der Waals surface area contributed by atoms with Gasteiger partial charge in [-0.3, -0.25) is 4.79 Å². The Kier molecular flexibility index (Phi) is 7.21. The molecule has 0 aliphatic carbocycles. The summed E-state index contributed by atoms with van der Waals surface area (Å²) < 4.78 is 33.3. The van der Waals surface area contributed by atoms with E-state index in [9.17, 15) is 13.2 Å². The summed E-state index contributed by atoms with van der Waals surface area (Å²) in [5.74, 6) is -0.408. The lowest BCUT2D eigenvalue weighted by Crippen LogP contribution is -2.58. The second-order valence-electron chi connectivity index (χ2n) is 7.88. The quantitative estimate of drug-likeness (QED) is 0.591. The number of hydrogen-bond acceptors (Lipinski definition) is 5. The number of benzene rings is 2. The van der Waals surface area contributed by atoms with Crippen LogP contribution in [-0.2, 0) is 26.0 Å². The third kappa shape index (κ3) is 5.00. The Morgan fingerprint density at radius 1 is 1.06 bits per heavy atom.